The zero-order valence-electron chi connectivity index (χ0n) is 29.9. The molecule has 0 saturated carbocycles. The molecule has 2 unspecified atom stereocenters. The van der Waals surface area contributed by atoms with Crippen molar-refractivity contribution in [2.45, 2.75) is 51.9 Å². The Labute approximate surface area is 317 Å². The summed E-state index contributed by atoms with van der Waals surface area (Å²) in [6.45, 7) is 8.77. The van der Waals surface area contributed by atoms with Gasteiger partial charge in [0.1, 0.15) is 28.6 Å². The molecule has 3 amide bonds. The van der Waals surface area contributed by atoms with Gasteiger partial charge in [-0.05, 0) is 69.0 Å². The highest BCUT2D eigenvalue weighted by Crippen LogP contribution is 2.29. The summed E-state index contributed by atoms with van der Waals surface area (Å²) in [6, 6.07) is 15.0. The van der Waals surface area contributed by atoms with Crippen molar-refractivity contribution in [3.05, 3.63) is 81.6 Å². The van der Waals surface area contributed by atoms with Gasteiger partial charge in [-0.15, -0.1) is 0 Å². The van der Waals surface area contributed by atoms with Crippen LogP contribution in [0.1, 0.15) is 64.6 Å². The molecule has 2 aromatic carbocycles. The number of piperidine rings is 1. The number of anilines is 5. The van der Waals surface area contributed by atoms with E-state index in [2.05, 4.69) is 41.0 Å². The average Bonchev–Trinajstić information content (AvgIpc) is 3.62. The first kappa shape index (κ1) is 37.8. The lowest BCUT2D eigenvalue weighted by Crippen LogP contribution is -2.47. The molecule has 2 saturated heterocycles. The standard InChI is InChI=1S/C38H44ClN9O4S/c1-24-6-5-8-30(39)35(24)46-37(52)31-22-41-38(53-31)44-32-20-33(43-25(2)42-32)48-18-16-47(17-19-48)15-4-3-7-26(23-49)21-40-28-11-9-27(10-12-28)29-13-14-34(50)45-36(29)51/h5-6,8-12,20,22-23,26,29,40H,3-4,7,13-19,21H2,1-2H3,(H,46,52)(H,45,50,51)(H,41,42,43,44). The second-order valence-corrected chi connectivity index (χ2v) is 14.9. The minimum absolute atomic E-state index is 0.0868. The number of carbonyl (C=O) groups excluding carboxylic acids is 4. The van der Waals surface area contributed by atoms with Crippen molar-refractivity contribution >= 4 is 75.1 Å². The highest BCUT2D eigenvalue weighted by molar-refractivity contribution is 7.17. The summed E-state index contributed by atoms with van der Waals surface area (Å²) in [5, 5.41) is 12.9. The molecule has 2 aliphatic rings. The van der Waals surface area contributed by atoms with Crippen LogP contribution in [0, 0.1) is 19.8 Å². The van der Waals surface area contributed by atoms with E-state index in [9.17, 15) is 19.2 Å². The van der Waals surface area contributed by atoms with Gasteiger partial charge in [-0.25, -0.2) is 15.0 Å². The number of aldehydes is 1. The Morgan fingerprint density at radius 2 is 1.87 bits per heavy atom. The van der Waals surface area contributed by atoms with Crippen LogP contribution in [0.4, 0.5) is 28.1 Å². The number of halogens is 1. The van der Waals surface area contributed by atoms with E-state index in [-0.39, 0.29) is 29.6 Å². The first-order valence-electron chi connectivity index (χ1n) is 17.9. The van der Waals surface area contributed by atoms with E-state index >= 15 is 0 Å². The number of aryl methyl sites for hydroxylation is 2. The predicted molar refractivity (Wildman–Crippen MR) is 208 cm³/mol. The molecule has 15 heteroatoms. The summed E-state index contributed by atoms with van der Waals surface area (Å²) in [5.41, 5.74) is 3.25. The minimum atomic E-state index is -0.308. The number of rotatable bonds is 15. The molecule has 278 valence electrons. The Hall–Kier alpha value is -4.92. The normalized spacial score (nSPS) is 16.9. The summed E-state index contributed by atoms with van der Waals surface area (Å²) in [7, 11) is 0. The molecular formula is C38H44ClN9O4S. The van der Waals surface area contributed by atoms with Gasteiger partial charge in [-0.1, -0.05) is 53.6 Å². The Balaban J connectivity index is 0.909. The highest BCUT2D eigenvalue weighted by Gasteiger charge is 2.28. The van der Waals surface area contributed by atoms with E-state index in [0.717, 1.165) is 80.9 Å². The molecule has 4 N–H and O–H groups in total. The average molecular weight is 758 g/mol. The van der Waals surface area contributed by atoms with Gasteiger partial charge in [0.15, 0.2) is 5.13 Å². The number of unbranched alkanes of at least 4 members (excludes halogenated alkanes) is 1. The summed E-state index contributed by atoms with van der Waals surface area (Å²) in [5.74, 6) is 0.957. The Kier molecular flexibility index (Phi) is 12.7. The number of aromatic nitrogens is 3. The van der Waals surface area contributed by atoms with E-state index in [0.29, 0.717) is 51.7 Å². The lowest BCUT2D eigenvalue weighted by atomic mass is 9.90. The zero-order valence-corrected chi connectivity index (χ0v) is 31.4. The summed E-state index contributed by atoms with van der Waals surface area (Å²) >= 11 is 7.52. The lowest BCUT2D eigenvalue weighted by molar-refractivity contribution is -0.134. The Bertz CT molecular complexity index is 1910. The van der Waals surface area contributed by atoms with Crippen LogP contribution >= 0.6 is 22.9 Å². The van der Waals surface area contributed by atoms with Crippen LogP contribution in [0.3, 0.4) is 0 Å². The van der Waals surface area contributed by atoms with Crippen molar-refractivity contribution in [2.75, 3.05) is 60.1 Å². The second-order valence-electron chi connectivity index (χ2n) is 13.4. The van der Waals surface area contributed by atoms with Gasteiger partial charge >= 0.3 is 0 Å². The van der Waals surface area contributed by atoms with E-state index in [1.807, 2.05) is 56.3 Å². The molecule has 0 bridgehead atoms. The third-order valence-electron chi connectivity index (χ3n) is 9.56. The number of nitrogens with one attached hydrogen (secondary N) is 4. The van der Waals surface area contributed by atoms with Gasteiger partial charge in [0.05, 0.1) is 22.8 Å². The van der Waals surface area contributed by atoms with Crippen molar-refractivity contribution < 1.29 is 19.2 Å². The molecule has 2 aliphatic heterocycles. The molecule has 13 nitrogen and oxygen atoms in total. The number of piperazine rings is 1. The number of nitrogens with zero attached hydrogens (tertiary/aromatic N) is 5. The molecule has 4 aromatic rings. The zero-order chi connectivity index (χ0) is 37.3. The van der Waals surface area contributed by atoms with Crippen LogP contribution in [0.5, 0.6) is 0 Å². The highest BCUT2D eigenvalue weighted by atomic mass is 35.5. The van der Waals surface area contributed by atoms with Crippen LogP contribution in [0.2, 0.25) is 5.02 Å². The fourth-order valence-corrected chi connectivity index (χ4v) is 7.53. The molecule has 0 radical (unpaired) electrons. The number of thiazole rings is 1. The number of benzene rings is 2. The number of amides is 3. The largest absolute Gasteiger partial charge is 0.384 e. The molecule has 2 fully saturated rings. The summed E-state index contributed by atoms with van der Waals surface area (Å²) in [4.78, 5) is 67.1. The number of hydrogen-bond acceptors (Lipinski definition) is 12. The fourth-order valence-electron chi connectivity index (χ4n) is 6.54. The van der Waals surface area contributed by atoms with Crippen LogP contribution in [0.15, 0.2) is 54.7 Å². The maximum Gasteiger partial charge on any atom is 0.267 e. The number of hydrogen-bond donors (Lipinski definition) is 4. The molecule has 2 atom stereocenters. The predicted octanol–water partition coefficient (Wildman–Crippen LogP) is 5.94. The monoisotopic (exact) mass is 757 g/mol. The lowest BCUT2D eigenvalue weighted by Gasteiger charge is -2.35. The van der Waals surface area contributed by atoms with Gasteiger partial charge in [0.2, 0.25) is 11.8 Å². The first-order chi connectivity index (χ1) is 25.6. The SMILES string of the molecule is Cc1nc(Nc2ncc(C(=O)Nc3c(C)cccc3Cl)s2)cc(N2CCN(CCCCC(C=O)CNc3ccc(C4CCC(=O)NC4=O)cc3)CC2)n1. The van der Waals surface area contributed by atoms with E-state index < -0.39 is 0 Å². The fraction of sp³-hybridized carbons (Fsp3) is 0.395. The topological polar surface area (TPSA) is 162 Å². The second kappa shape index (κ2) is 17.7. The smallest absolute Gasteiger partial charge is 0.267 e. The van der Waals surface area contributed by atoms with E-state index in [1.165, 1.54) is 17.5 Å². The van der Waals surface area contributed by atoms with E-state index in [4.69, 9.17) is 16.6 Å². The van der Waals surface area contributed by atoms with Gasteiger partial charge in [-0.2, -0.15) is 0 Å². The third-order valence-corrected chi connectivity index (χ3v) is 10.8. The van der Waals surface area contributed by atoms with Crippen molar-refractivity contribution in [3.8, 4) is 0 Å². The van der Waals surface area contributed by atoms with E-state index in [1.54, 1.807) is 6.07 Å². The molecule has 0 aliphatic carbocycles. The summed E-state index contributed by atoms with van der Waals surface area (Å²) < 4.78 is 0. The maximum absolute atomic E-state index is 12.9. The molecule has 53 heavy (non-hydrogen) atoms. The summed E-state index contributed by atoms with van der Waals surface area (Å²) in [6.07, 6.45) is 6.22. The maximum atomic E-state index is 12.9. The van der Waals surface area contributed by atoms with Gasteiger partial charge < -0.3 is 25.6 Å². The van der Waals surface area contributed by atoms with Crippen LogP contribution < -0.4 is 26.2 Å². The minimum Gasteiger partial charge on any atom is -0.384 e. The van der Waals surface area contributed by atoms with Crippen molar-refractivity contribution in [3.63, 3.8) is 0 Å². The first-order valence-corrected chi connectivity index (χ1v) is 19.1. The molecular weight excluding hydrogens is 714 g/mol. The van der Waals surface area contributed by atoms with Crippen molar-refractivity contribution in [2.24, 2.45) is 5.92 Å². The number of carbonyl (C=O) groups is 4. The van der Waals surface area contributed by atoms with Gasteiger partial charge in [0.25, 0.3) is 5.91 Å². The van der Waals surface area contributed by atoms with Crippen molar-refractivity contribution in [1.29, 1.82) is 0 Å². The number of imide groups is 1. The quantitative estimate of drug-likeness (QED) is 0.0646. The molecule has 2 aromatic heterocycles. The van der Waals surface area contributed by atoms with Crippen LogP contribution in [-0.4, -0.2) is 83.1 Å². The molecule has 6 rings (SSSR count). The molecule has 4 heterocycles. The van der Waals surface area contributed by atoms with Gasteiger partial charge in [-0.3, -0.25) is 24.6 Å². The van der Waals surface area contributed by atoms with Crippen LogP contribution in [-0.2, 0) is 14.4 Å². The third kappa shape index (κ3) is 10.2. The Morgan fingerprint density at radius 1 is 1.08 bits per heavy atom. The van der Waals surface area contributed by atoms with Crippen LogP contribution in [0.25, 0.3) is 0 Å². The van der Waals surface area contributed by atoms with Crippen molar-refractivity contribution in [1.82, 2.24) is 25.2 Å². The Morgan fingerprint density at radius 3 is 2.60 bits per heavy atom. The number of para-hydroxylation sites is 1. The van der Waals surface area contributed by atoms with Gasteiger partial charge in [0, 0.05) is 56.8 Å². The molecule has 0 spiro atoms.